The average molecular weight is 432 g/mol. The number of unbranched alkanes of at least 4 members (excludes halogenated alkanes) is 5. The molecule has 0 amide bonds. The van der Waals surface area contributed by atoms with Gasteiger partial charge in [0.1, 0.15) is 0 Å². The van der Waals surface area contributed by atoms with Gasteiger partial charge >= 0.3 is 0 Å². The lowest BCUT2D eigenvalue weighted by Gasteiger charge is -2.25. The van der Waals surface area contributed by atoms with Crippen LogP contribution in [0.5, 0.6) is 0 Å². The maximum absolute atomic E-state index is 10.6. The predicted octanol–water partition coefficient (Wildman–Crippen LogP) is 5.57. The van der Waals surface area contributed by atoms with Gasteiger partial charge in [-0.15, -0.1) is 0 Å². The monoisotopic (exact) mass is 431 g/mol. The van der Waals surface area contributed by atoms with Crippen molar-refractivity contribution in [1.82, 2.24) is 0 Å². The number of hydrogen-bond donors (Lipinski definition) is 2. The van der Waals surface area contributed by atoms with E-state index in [1.807, 2.05) is 0 Å². The van der Waals surface area contributed by atoms with E-state index in [1.165, 1.54) is 55.2 Å². The number of hydrogen-bond acceptors (Lipinski definition) is 4. The van der Waals surface area contributed by atoms with Gasteiger partial charge < -0.3 is 15.4 Å². The Labute approximate surface area is 183 Å². The minimum Gasteiger partial charge on any atom is -0.394 e. The lowest BCUT2D eigenvalue weighted by atomic mass is 9.93. The van der Waals surface area contributed by atoms with E-state index in [2.05, 4.69) is 55.5 Å². The van der Waals surface area contributed by atoms with Gasteiger partial charge in [-0.3, -0.25) is 4.57 Å². The Hall–Kier alpha value is -1.45. The van der Waals surface area contributed by atoms with E-state index in [0.717, 1.165) is 18.4 Å². The number of aliphatic hydroxyl groups is 1. The molecule has 2 unspecified atom stereocenters. The van der Waals surface area contributed by atoms with Crippen LogP contribution in [-0.2, 0) is 21.9 Å². The van der Waals surface area contributed by atoms with E-state index in [0.29, 0.717) is 6.42 Å². The standard InChI is InChI=1S/C25H38NO3P/c1-2-3-4-5-6-7-8-21-9-13-23(14-10-21)24-15-11-22(12-16-24)17-18-25(26,19-27)20-29-30-28/h9-16,27H,2-8,17-20,26,30H2,1H3. The molecular formula is C25H38NO3P. The van der Waals surface area contributed by atoms with Gasteiger partial charge in [0.05, 0.1) is 18.8 Å². The first kappa shape index (κ1) is 24.8. The van der Waals surface area contributed by atoms with Crippen molar-refractivity contribution < 1.29 is 14.2 Å². The first-order valence-corrected chi connectivity index (χ1v) is 12.2. The lowest BCUT2D eigenvalue weighted by molar-refractivity contribution is 0.133. The molecule has 2 atom stereocenters. The number of rotatable bonds is 15. The topological polar surface area (TPSA) is 72.6 Å². The van der Waals surface area contributed by atoms with Crippen LogP contribution in [0.1, 0.15) is 63.0 Å². The lowest BCUT2D eigenvalue weighted by Crippen LogP contribution is -2.47. The second-order valence-corrected chi connectivity index (χ2v) is 8.87. The maximum atomic E-state index is 10.6. The van der Waals surface area contributed by atoms with Crippen molar-refractivity contribution in [1.29, 1.82) is 0 Å². The van der Waals surface area contributed by atoms with Crippen LogP contribution in [0.15, 0.2) is 48.5 Å². The summed E-state index contributed by atoms with van der Waals surface area (Å²) in [6, 6.07) is 17.4. The van der Waals surface area contributed by atoms with Gasteiger partial charge in [0.2, 0.25) is 0 Å². The highest BCUT2D eigenvalue weighted by molar-refractivity contribution is 7.17. The van der Waals surface area contributed by atoms with Crippen molar-refractivity contribution in [2.24, 2.45) is 5.73 Å². The van der Waals surface area contributed by atoms with Gasteiger partial charge in [-0.25, -0.2) is 0 Å². The van der Waals surface area contributed by atoms with Gasteiger partial charge in [0.15, 0.2) is 8.69 Å². The summed E-state index contributed by atoms with van der Waals surface area (Å²) in [5, 5.41) is 9.51. The molecule has 0 radical (unpaired) electrons. The summed E-state index contributed by atoms with van der Waals surface area (Å²) >= 11 is 0. The van der Waals surface area contributed by atoms with Crippen molar-refractivity contribution in [3.05, 3.63) is 59.7 Å². The molecule has 0 spiro atoms. The van der Waals surface area contributed by atoms with E-state index in [4.69, 9.17) is 10.3 Å². The largest absolute Gasteiger partial charge is 0.394 e. The van der Waals surface area contributed by atoms with Crippen LogP contribution in [0.25, 0.3) is 11.1 Å². The van der Waals surface area contributed by atoms with Crippen LogP contribution in [-0.4, -0.2) is 23.9 Å². The third-order valence-electron chi connectivity index (χ3n) is 5.73. The molecule has 2 rings (SSSR count). The Balaban J connectivity index is 1.83. The highest BCUT2D eigenvalue weighted by Crippen LogP contribution is 2.22. The summed E-state index contributed by atoms with van der Waals surface area (Å²) in [6.45, 7) is 2.19. The molecule has 166 valence electrons. The summed E-state index contributed by atoms with van der Waals surface area (Å²) in [4.78, 5) is 0. The summed E-state index contributed by atoms with van der Waals surface area (Å²) < 4.78 is 15.5. The molecule has 5 heteroatoms. The molecule has 0 saturated heterocycles. The van der Waals surface area contributed by atoms with E-state index in [9.17, 15) is 9.67 Å². The molecule has 0 fully saturated rings. The van der Waals surface area contributed by atoms with Gasteiger partial charge in [0, 0.05) is 0 Å². The Morgan fingerprint density at radius 2 is 1.40 bits per heavy atom. The molecule has 30 heavy (non-hydrogen) atoms. The molecule has 0 bridgehead atoms. The Morgan fingerprint density at radius 1 is 0.867 bits per heavy atom. The number of nitrogens with two attached hydrogens (primary N) is 1. The third-order valence-corrected chi connectivity index (χ3v) is 6.03. The van der Waals surface area contributed by atoms with E-state index in [1.54, 1.807) is 0 Å². The van der Waals surface area contributed by atoms with Crippen molar-refractivity contribution >= 4 is 8.69 Å². The van der Waals surface area contributed by atoms with Crippen LogP contribution >= 0.6 is 8.69 Å². The predicted molar refractivity (Wildman–Crippen MR) is 128 cm³/mol. The first-order valence-electron chi connectivity index (χ1n) is 11.2. The Kier molecular flexibility index (Phi) is 11.4. The number of benzene rings is 2. The molecule has 2 aromatic rings. The number of aliphatic hydroxyl groups excluding tert-OH is 1. The molecule has 3 N–H and O–H groups in total. The molecule has 0 saturated carbocycles. The smallest absolute Gasteiger partial charge is 0.180 e. The molecule has 0 aromatic heterocycles. The van der Waals surface area contributed by atoms with Gasteiger partial charge in [0.25, 0.3) is 0 Å². The molecule has 0 aliphatic heterocycles. The van der Waals surface area contributed by atoms with Crippen LogP contribution in [0.4, 0.5) is 0 Å². The molecule has 0 aliphatic carbocycles. The zero-order valence-corrected chi connectivity index (χ0v) is 19.5. The average Bonchev–Trinajstić information content (AvgIpc) is 2.79. The molecule has 0 heterocycles. The fourth-order valence-electron chi connectivity index (χ4n) is 3.63. The minimum absolute atomic E-state index is 0.117. The van der Waals surface area contributed by atoms with E-state index in [-0.39, 0.29) is 13.2 Å². The van der Waals surface area contributed by atoms with Gasteiger partial charge in [-0.2, -0.15) is 0 Å². The normalized spacial score (nSPS) is 13.7. The van der Waals surface area contributed by atoms with Crippen LogP contribution in [0, 0.1) is 0 Å². The van der Waals surface area contributed by atoms with Crippen LogP contribution in [0.3, 0.4) is 0 Å². The third kappa shape index (κ3) is 8.73. The van der Waals surface area contributed by atoms with Gasteiger partial charge in [-0.1, -0.05) is 87.6 Å². The van der Waals surface area contributed by atoms with E-state index < -0.39 is 14.2 Å². The second kappa shape index (κ2) is 13.8. The summed E-state index contributed by atoms with van der Waals surface area (Å²) in [6.07, 6.45) is 10.5. The van der Waals surface area contributed by atoms with E-state index >= 15 is 0 Å². The second-order valence-electron chi connectivity index (χ2n) is 8.34. The zero-order valence-electron chi connectivity index (χ0n) is 18.3. The quantitative estimate of drug-likeness (QED) is 0.286. The number of aryl methyl sites for hydroxylation is 2. The SMILES string of the molecule is CCCCCCCCc1ccc(-c2ccc(CCC(N)(CO)CO[PH2]=O)cc2)cc1. The molecule has 0 aliphatic rings. The maximum Gasteiger partial charge on any atom is 0.180 e. The van der Waals surface area contributed by atoms with Crippen molar-refractivity contribution in [2.75, 3.05) is 13.2 Å². The fourth-order valence-corrected chi connectivity index (χ4v) is 4.03. The first-order chi connectivity index (χ1) is 14.6. The zero-order chi connectivity index (χ0) is 21.7. The van der Waals surface area contributed by atoms with Crippen LogP contribution in [0.2, 0.25) is 0 Å². The summed E-state index contributed by atoms with van der Waals surface area (Å²) in [7, 11) is -1.30. The van der Waals surface area contributed by atoms with Crippen LogP contribution < -0.4 is 5.73 Å². The Bertz CT molecular complexity index is 733. The van der Waals surface area contributed by atoms with Crippen molar-refractivity contribution in [3.8, 4) is 11.1 Å². The minimum atomic E-state index is -1.30. The highest BCUT2D eigenvalue weighted by atomic mass is 31.1. The molecular weight excluding hydrogens is 393 g/mol. The summed E-state index contributed by atoms with van der Waals surface area (Å²) in [5.41, 5.74) is 10.3. The molecule has 2 aromatic carbocycles. The Morgan fingerprint density at radius 3 is 1.93 bits per heavy atom. The fraction of sp³-hybridized carbons (Fsp3) is 0.520. The summed E-state index contributed by atoms with van der Waals surface area (Å²) in [5.74, 6) is 0. The highest BCUT2D eigenvalue weighted by Gasteiger charge is 2.24. The van der Waals surface area contributed by atoms with Crippen molar-refractivity contribution in [3.63, 3.8) is 0 Å². The van der Waals surface area contributed by atoms with Crippen molar-refractivity contribution in [2.45, 2.75) is 70.3 Å². The van der Waals surface area contributed by atoms with Gasteiger partial charge in [-0.05, 0) is 47.9 Å². The molecule has 4 nitrogen and oxygen atoms in total.